The lowest BCUT2D eigenvalue weighted by molar-refractivity contribution is -0.121. The summed E-state index contributed by atoms with van der Waals surface area (Å²) in [6.45, 7) is 5.42. The van der Waals surface area contributed by atoms with Gasteiger partial charge in [0.05, 0.1) is 11.4 Å². The van der Waals surface area contributed by atoms with Crippen LogP contribution >= 0.6 is 11.8 Å². The lowest BCUT2D eigenvalue weighted by Gasteiger charge is -2.32. The molecule has 2 N–H and O–H groups in total. The van der Waals surface area contributed by atoms with Gasteiger partial charge in [0, 0.05) is 38.6 Å². The maximum atomic E-state index is 11.9. The van der Waals surface area contributed by atoms with E-state index in [1.54, 1.807) is 6.33 Å². The van der Waals surface area contributed by atoms with Crippen LogP contribution in [0.25, 0.3) is 0 Å². The van der Waals surface area contributed by atoms with Gasteiger partial charge < -0.3 is 19.7 Å². The van der Waals surface area contributed by atoms with Gasteiger partial charge in [0.15, 0.2) is 5.16 Å². The number of nitrogens with zero attached hydrogens (tertiary/aromatic N) is 3. The van der Waals surface area contributed by atoms with Crippen LogP contribution in [0.2, 0.25) is 0 Å². The Balaban J connectivity index is 1.76. The van der Waals surface area contributed by atoms with E-state index in [-0.39, 0.29) is 24.2 Å². The number of hydrogen-bond donors (Lipinski definition) is 2. The summed E-state index contributed by atoms with van der Waals surface area (Å²) in [5.74, 6) is 0.149. The molecular formula is C13H22N4O3S. The van der Waals surface area contributed by atoms with Gasteiger partial charge in [-0.25, -0.2) is 0 Å². The predicted octanol–water partition coefficient (Wildman–Crippen LogP) is 0.609. The Morgan fingerprint density at radius 3 is 2.95 bits per heavy atom. The largest absolute Gasteiger partial charge is 0.388 e. The number of nitrogens with one attached hydrogen (secondary N) is 1. The second kappa shape index (κ2) is 7.24. The summed E-state index contributed by atoms with van der Waals surface area (Å²) in [5.41, 5.74) is -0.837. The molecule has 1 aromatic heterocycles. The number of aliphatic hydroxyl groups is 1. The Labute approximate surface area is 128 Å². The van der Waals surface area contributed by atoms with Crippen LogP contribution in [0.3, 0.4) is 0 Å². The second-order valence-corrected chi connectivity index (χ2v) is 6.46. The van der Waals surface area contributed by atoms with Crippen LogP contribution in [0, 0.1) is 0 Å². The summed E-state index contributed by atoms with van der Waals surface area (Å²) >= 11 is 1.35. The fraction of sp³-hybridized carbons (Fsp3) is 0.769. The van der Waals surface area contributed by atoms with Crippen LogP contribution in [0.1, 0.15) is 32.7 Å². The maximum Gasteiger partial charge on any atom is 0.230 e. The SMILES string of the molecule is CC(C)n1cnnc1SCC(=O)NCC1(O)CCOCC1. The summed E-state index contributed by atoms with van der Waals surface area (Å²) in [7, 11) is 0. The number of aromatic nitrogens is 3. The molecule has 1 saturated heterocycles. The minimum absolute atomic E-state index is 0.113. The van der Waals surface area contributed by atoms with Crippen LogP contribution in [0.5, 0.6) is 0 Å². The highest BCUT2D eigenvalue weighted by Gasteiger charge is 2.30. The molecule has 0 atom stereocenters. The van der Waals surface area contributed by atoms with E-state index in [1.807, 2.05) is 18.4 Å². The third-order valence-electron chi connectivity index (χ3n) is 3.47. The molecule has 118 valence electrons. The molecule has 1 aromatic rings. The molecule has 0 aliphatic carbocycles. The summed E-state index contributed by atoms with van der Waals surface area (Å²) < 4.78 is 7.13. The van der Waals surface area contributed by atoms with E-state index in [0.717, 1.165) is 5.16 Å². The molecule has 0 radical (unpaired) electrons. The molecular weight excluding hydrogens is 292 g/mol. The number of rotatable bonds is 6. The summed E-state index contributed by atoms with van der Waals surface area (Å²) in [5, 5.41) is 21.6. The van der Waals surface area contributed by atoms with Crippen molar-refractivity contribution in [3.63, 3.8) is 0 Å². The Morgan fingerprint density at radius 1 is 1.57 bits per heavy atom. The van der Waals surface area contributed by atoms with Gasteiger partial charge in [0.2, 0.25) is 5.91 Å². The van der Waals surface area contributed by atoms with Gasteiger partial charge in [-0.3, -0.25) is 4.79 Å². The first-order chi connectivity index (χ1) is 10.0. The van der Waals surface area contributed by atoms with Gasteiger partial charge in [-0.1, -0.05) is 11.8 Å². The highest BCUT2D eigenvalue weighted by Crippen LogP contribution is 2.20. The number of carbonyl (C=O) groups excluding carboxylic acids is 1. The van der Waals surface area contributed by atoms with Gasteiger partial charge in [-0.15, -0.1) is 10.2 Å². The topological polar surface area (TPSA) is 89.3 Å². The van der Waals surface area contributed by atoms with Gasteiger partial charge in [0.25, 0.3) is 0 Å². The second-order valence-electron chi connectivity index (χ2n) is 5.52. The normalized spacial score (nSPS) is 17.9. The molecule has 1 aliphatic heterocycles. The summed E-state index contributed by atoms with van der Waals surface area (Å²) in [6, 6.07) is 0.258. The average Bonchev–Trinajstić information content (AvgIpc) is 2.92. The number of amides is 1. The number of thioether (sulfide) groups is 1. The first-order valence-electron chi connectivity index (χ1n) is 7.09. The Hall–Kier alpha value is -1.12. The zero-order valence-corrected chi connectivity index (χ0v) is 13.2. The van der Waals surface area contributed by atoms with Crippen molar-refractivity contribution in [2.24, 2.45) is 0 Å². The van der Waals surface area contributed by atoms with E-state index in [2.05, 4.69) is 15.5 Å². The molecule has 2 rings (SSSR count). The third kappa shape index (κ3) is 4.69. The van der Waals surface area contributed by atoms with Crippen LogP contribution in [0.15, 0.2) is 11.5 Å². The Morgan fingerprint density at radius 2 is 2.29 bits per heavy atom. The molecule has 1 aliphatic rings. The average molecular weight is 314 g/mol. The van der Waals surface area contributed by atoms with Crippen molar-refractivity contribution in [1.29, 1.82) is 0 Å². The molecule has 0 unspecified atom stereocenters. The van der Waals surface area contributed by atoms with Crippen molar-refractivity contribution in [2.45, 2.75) is 43.5 Å². The zero-order valence-electron chi connectivity index (χ0n) is 12.4. The standard InChI is InChI=1S/C13H22N4O3S/c1-10(2)17-9-15-16-12(17)21-7-11(18)14-8-13(19)3-5-20-6-4-13/h9-10,19H,3-8H2,1-2H3,(H,14,18). The molecule has 7 nitrogen and oxygen atoms in total. The molecule has 0 spiro atoms. The zero-order chi connectivity index (χ0) is 15.3. The number of hydrogen-bond acceptors (Lipinski definition) is 6. The van der Waals surface area contributed by atoms with Crippen LogP contribution in [-0.2, 0) is 9.53 Å². The van der Waals surface area contributed by atoms with Gasteiger partial charge in [-0.05, 0) is 13.8 Å². The Bertz CT molecular complexity index is 472. The minimum atomic E-state index is -0.837. The van der Waals surface area contributed by atoms with Gasteiger partial charge >= 0.3 is 0 Å². The summed E-state index contributed by atoms with van der Waals surface area (Å²) in [6.07, 6.45) is 2.78. The quantitative estimate of drug-likeness (QED) is 0.748. The molecule has 0 bridgehead atoms. The van der Waals surface area contributed by atoms with Crippen LogP contribution < -0.4 is 5.32 Å². The van der Waals surface area contributed by atoms with Crippen molar-refractivity contribution in [3.8, 4) is 0 Å². The van der Waals surface area contributed by atoms with Crippen LogP contribution in [0.4, 0.5) is 0 Å². The first-order valence-corrected chi connectivity index (χ1v) is 8.08. The molecule has 21 heavy (non-hydrogen) atoms. The molecule has 1 amide bonds. The maximum absolute atomic E-state index is 11.9. The van der Waals surface area contributed by atoms with Crippen molar-refractivity contribution >= 4 is 17.7 Å². The molecule has 1 fully saturated rings. The lowest BCUT2D eigenvalue weighted by Crippen LogP contribution is -2.47. The number of carbonyl (C=O) groups is 1. The van der Waals surface area contributed by atoms with Gasteiger partial charge in [0.1, 0.15) is 6.33 Å². The van der Waals surface area contributed by atoms with E-state index in [1.165, 1.54) is 11.8 Å². The van der Waals surface area contributed by atoms with E-state index >= 15 is 0 Å². The molecule has 0 aromatic carbocycles. The van der Waals surface area contributed by atoms with Crippen molar-refractivity contribution < 1.29 is 14.6 Å². The van der Waals surface area contributed by atoms with Crippen molar-refractivity contribution in [1.82, 2.24) is 20.1 Å². The monoisotopic (exact) mass is 314 g/mol. The molecule has 2 heterocycles. The molecule has 8 heteroatoms. The summed E-state index contributed by atoms with van der Waals surface area (Å²) in [4.78, 5) is 11.9. The fourth-order valence-corrected chi connectivity index (χ4v) is 2.94. The van der Waals surface area contributed by atoms with E-state index < -0.39 is 5.60 Å². The van der Waals surface area contributed by atoms with E-state index in [4.69, 9.17) is 4.74 Å². The van der Waals surface area contributed by atoms with Crippen molar-refractivity contribution in [2.75, 3.05) is 25.5 Å². The highest BCUT2D eigenvalue weighted by molar-refractivity contribution is 7.99. The first kappa shape index (κ1) is 16.3. The number of ether oxygens (including phenoxy) is 1. The fourth-order valence-electron chi connectivity index (χ4n) is 2.06. The lowest BCUT2D eigenvalue weighted by atomic mass is 9.94. The minimum Gasteiger partial charge on any atom is -0.388 e. The molecule has 0 saturated carbocycles. The van der Waals surface area contributed by atoms with Crippen molar-refractivity contribution in [3.05, 3.63) is 6.33 Å². The Kier molecular flexibility index (Phi) is 5.60. The van der Waals surface area contributed by atoms with E-state index in [0.29, 0.717) is 26.1 Å². The van der Waals surface area contributed by atoms with E-state index in [9.17, 15) is 9.90 Å². The smallest absolute Gasteiger partial charge is 0.230 e. The van der Waals surface area contributed by atoms with Gasteiger partial charge in [-0.2, -0.15) is 0 Å². The van der Waals surface area contributed by atoms with Crippen LogP contribution in [-0.4, -0.2) is 56.9 Å². The third-order valence-corrected chi connectivity index (χ3v) is 4.42. The predicted molar refractivity (Wildman–Crippen MR) is 79.1 cm³/mol. The highest BCUT2D eigenvalue weighted by atomic mass is 32.2.